The van der Waals surface area contributed by atoms with Crippen LogP contribution in [0.1, 0.15) is 27.9 Å². The lowest BCUT2D eigenvalue weighted by Crippen LogP contribution is -2.42. The van der Waals surface area contributed by atoms with Crippen LogP contribution in [-0.2, 0) is 23.5 Å². The predicted molar refractivity (Wildman–Crippen MR) is 123 cm³/mol. The Labute approximate surface area is 203 Å². The number of nitrogens with one attached hydrogen (secondary N) is 2. The fourth-order valence-corrected chi connectivity index (χ4v) is 4.66. The molecule has 1 atom stereocenters. The Kier molecular flexibility index (Phi) is 5.55. The second-order valence-electron chi connectivity index (χ2n) is 8.05. The van der Waals surface area contributed by atoms with Crippen LogP contribution < -0.4 is 5.48 Å². The number of amidine groups is 1. The van der Waals surface area contributed by atoms with Crippen LogP contribution in [0.25, 0.3) is 5.70 Å². The van der Waals surface area contributed by atoms with Gasteiger partial charge in [-0.25, -0.2) is 0 Å². The smallest absolute Gasteiger partial charge is 0.346 e. The lowest BCUT2D eigenvalue weighted by atomic mass is 9.91. The van der Waals surface area contributed by atoms with Crippen LogP contribution in [0, 0.1) is 5.41 Å². The minimum absolute atomic E-state index is 0.0653. The van der Waals surface area contributed by atoms with Crippen molar-refractivity contribution >= 4 is 34.7 Å². The quantitative estimate of drug-likeness (QED) is 0.453. The molecular formula is C24H17Cl2F3N4O. The summed E-state index contributed by atoms with van der Waals surface area (Å²) in [4.78, 5) is 11.3. The minimum Gasteiger partial charge on any atom is -0.346 e. The maximum Gasteiger partial charge on any atom is 0.428 e. The fraction of sp³-hybridized carbons (Fsp3) is 0.167. The molecule has 0 saturated heterocycles. The number of alkyl halides is 3. The van der Waals surface area contributed by atoms with E-state index in [0.717, 1.165) is 17.3 Å². The van der Waals surface area contributed by atoms with Crippen LogP contribution in [0.5, 0.6) is 0 Å². The molecule has 10 heteroatoms. The molecule has 1 aromatic heterocycles. The zero-order valence-electron chi connectivity index (χ0n) is 17.5. The largest absolute Gasteiger partial charge is 0.428 e. The van der Waals surface area contributed by atoms with Crippen molar-refractivity contribution in [2.75, 3.05) is 0 Å². The maximum absolute atomic E-state index is 14.3. The summed E-state index contributed by atoms with van der Waals surface area (Å²) in [6.45, 7) is 0.974. The fourth-order valence-electron chi connectivity index (χ4n) is 4.13. The number of aromatic nitrogens is 1. The molecule has 0 bridgehead atoms. The third-order valence-corrected chi connectivity index (χ3v) is 6.25. The molecule has 2 N–H and O–H groups in total. The van der Waals surface area contributed by atoms with Crippen molar-refractivity contribution in [3.63, 3.8) is 0 Å². The Morgan fingerprint density at radius 3 is 2.53 bits per heavy atom. The summed E-state index contributed by atoms with van der Waals surface area (Å²) in [7, 11) is 0. The molecule has 0 spiro atoms. The first kappa shape index (κ1) is 22.7. The van der Waals surface area contributed by atoms with Gasteiger partial charge in [-0.05, 0) is 48.0 Å². The first-order valence-electron chi connectivity index (χ1n) is 10.2. The van der Waals surface area contributed by atoms with Crippen molar-refractivity contribution in [3.05, 3.63) is 105 Å². The van der Waals surface area contributed by atoms with Gasteiger partial charge in [-0.1, -0.05) is 41.4 Å². The van der Waals surface area contributed by atoms with E-state index in [-0.39, 0.29) is 27.1 Å². The zero-order chi connectivity index (χ0) is 24.1. The lowest BCUT2D eigenvalue weighted by Gasteiger charge is -2.28. The van der Waals surface area contributed by atoms with E-state index >= 15 is 0 Å². The van der Waals surface area contributed by atoms with E-state index in [2.05, 4.69) is 10.5 Å². The van der Waals surface area contributed by atoms with Crippen molar-refractivity contribution in [1.82, 2.24) is 15.4 Å². The van der Waals surface area contributed by atoms with Gasteiger partial charge in [0, 0.05) is 39.5 Å². The van der Waals surface area contributed by atoms with E-state index in [0.29, 0.717) is 24.2 Å². The van der Waals surface area contributed by atoms with E-state index in [9.17, 15) is 13.2 Å². The summed E-state index contributed by atoms with van der Waals surface area (Å²) in [5.41, 5.74) is 2.39. The summed E-state index contributed by atoms with van der Waals surface area (Å²) in [5, 5.41) is 8.71. The molecule has 0 fully saturated rings. The highest BCUT2D eigenvalue weighted by Crippen LogP contribution is 2.48. The molecule has 2 aliphatic heterocycles. The molecule has 2 aromatic carbocycles. The number of hydrogen-bond donors (Lipinski definition) is 2. The van der Waals surface area contributed by atoms with Crippen LogP contribution in [-0.4, -0.2) is 21.9 Å². The molecule has 0 amide bonds. The van der Waals surface area contributed by atoms with Gasteiger partial charge in [0.1, 0.15) is 5.84 Å². The average molecular weight is 505 g/mol. The molecule has 0 saturated carbocycles. The molecule has 5 nitrogen and oxygen atoms in total. The van der Waals surface area contributed by atoms with Crippen molar-refractivity contribution in [1.29, 1.82) is 5.41 Å². The molecule has 0 aliphatic carbocycles. The predicted octanol–water partition coefficient (Wildman–Crippen LogP) is 6.06. The highest BCUT2D eigenvalue weighted by Gasteiger charge is 2.59. The van der Waals surface area contributed by atoms with Gasteiger partial charge >= 0.3 is 6.18 Å². The lowest BCUT2D eigenvalue weighted by molar-refractivity contribution is -0.269. The van der Waals surface area contributed by atoms with Gasteiger partial charge in [-0.3, -0.25) is 20.7 Å². The van der Waals surface area contributed by atoms with Crippen molar-refractivity contribution in [2.45, 2.75) is 24.9 Å². The van der Waals surface area contributed by atoms with Crippen LogP contribution in [0.3, 0.4) is 0 Å². The van der Waals surface area contributed by atoms with E-state index < -0.39 is 11.8 Å². The number of benzene rings is 2. The first-order valence-corrected chi connectivity index (χ1v) is 11.0. The van der Waals surface area contributed by atoms with Gasteiger partial charge in [0.25, 0.3) is 0 Å². The highest BCUT2D eigenvalue weighted by molar-refractivity contribution is 6.34. The number of nitrogens with zero attached hydrogens (tertiary/aromatic N) is 2. The molecule has 0 radical (unpaired) electrons. The summed E-state index contributed by atoms with van der Waals surface area (Å²) < 4.78 is 42.8. The Morgan fingerprint density at radius 2 is 1.85 bits per heavy atom. The van der Waals surface area contributed by atoms with Crippen molar-refractivity contribution in [3.8, 4) is 0 Å². The van der Waals surface area contributed by atoms with Crippen molar-refractivity contribution in [2.24, 2.45) is 0 Å². The zero-order valence-corrected chi connectivity index (χ0v) is 19.0. The third-order valence-electron chi connectivity index (χ3n) is 5.81. The van der Waals surface area contributed by atoms with Gasteiger partial charge in [-0.2, -0.15) is 13.2 Å². The molecule has 2 aliphatic rings. The number of pyridine rings is 1. The molecule has 1 unspecified atom stereocenters. The Hall–Kier alpha value is -3.07. The van der Waals surface area contributed by atoms with Crippen LogP contribution >= 0.6 is 23.2 Å². The Bertz CT molecular complexity index is 1290. The molecule has 34 heavy (non-hydrogen) atoms. The Morgan fingerprint density at radius 1 is 1.09 bits per heavy atom. The summed E-state index contributed by atoms with van der Waals surface area (Å²) in [6, 6.07) is 14.5. The van der Waals surface area contributed by atoms with E-state index in [1.807, 2.05) is 29.2 Å². The number of hydroxylamine groups is 1. The monoisotopic (exact) mass is 504 g/mol. The second kappa shape index (κ2) is 8.30. The molecule has 5 rings (SSSR count). The van der Waals surface area contributed by atoms with E-state index in [1.54, 1.807) is 18.3 Å². The number of fused-ring (bicyclic) bond motifs is 1. The van der Waals surface area contributed by atoms with Gasteiger partial charge in [0.05, 0.1) is 17.9 Å². The molecule has 3 aromatic rings. The van der Waals surface area contributed by atoms with Gasteiger partial charge in [0.15, 0.2) is 0 Å². The summed E-state index contributed by atoms with van der Waals surface area (Å²) in [6.07, 6.45) is -2.13. The Balaban J connectivity index is 1.48. The van der Waals surface area contributed by atoms with E-state index in [4.69, 9.17) is 33.4 Å². The third kappa shape index (κ3) is 3.91. The molecule has 174 valence electrons. The SMILES string of the molecule is N=C1c2cc(C3=CC(c4cc(Cl)cc(Cl)c4)(C(F)(F)F)ON3)ccc2CN1Cc1ccccn1. The molecular weight excluding hydrogens is 488 g/mol. The van der Waals surface area contributed by atoms with Crippen LogP contribution in [0.4, 0.5) is 13.2 Å². The van der Waals surface area contributed by atoms with Gasteiger partial charge < -0.3 is 4.90 Å². The normalized spacial score (nSPS) is 19.7. The topological polar surface area (TPSA) is 61.2 Å². The van der Waals surface area contributed by atoms with Crippen LogP contribution in [0.2, 0.25) is 10.0 Å². The van der Waals surface area contributed by atoms with Gasteiger partial charge in [-0.15, -0.1) is 0 Å². The number of hydrogen-bond acceptors (Lipinski definition) is 4. The highest BCUT2D eigenvalue weighted by atomic mass is 35.5. The van der Waals surface area contributed by atoms with Gasteiger partial charge in [0.2, 0.25) is 5.60 Å². The summed E-state index contributed by atoms with van der Waals surface area (Å²) >= 11 is 11.9. The average Bonchev–Trinajstić information content (AvgIpc) is 3.37. The summed E-state index contributed by atoms with van der Waals surface area (Å²) in [5.74, 6) is 0.283. The first-order chi connectivity index (χ1) is 16.2. The number of halogens is 5. The van der Waals surface area contributed by atoms with E-state index in [1.165, 1.54) is 18.2 Å². The number of rotatable bonds is 4. The standard InChI is InChI=1S/C24H17Cl2F3N4O/c25-17-8-16(9-18(26)10-17)23(24(27,28)29)11-21(32-34-23)14-4-5-15-12-33(22(30)20(15)7-14)13-19-3-1-2-6-31-19/h1-11,30,32H,12-13H2. The maximum atomic E-state index is 14.3. The molecule has 3 heterocycles. The van der Waals surface area contributed by atoms with Crippen LogP contribution in [0.15, 0.2) is 66.9 Å². The minimum atomic E-state index is -4.79. The van der Waals surface area contributed by atoms with Crippen molar-refractivity contribution < 1.29 is 18.0 Å². The second-order valence-corrected chi connectivity index (χ2v) is 8.92.